The van der Waals surface area contributed by atoms with Gasteiger partial charge >= 0.3 is 6.07 Å². The van der Waals surface area contributed by atoms with Crippen LogP contribution in [0.3, 0.4) is 0 Å². The topological polar surface area (TPSA) is 120 Å². The minimum atomic E-state index is 0.206. The van der Waals surface area contributed by atoms with Gasteiger partial charge in [-0.15, -0.1) is 0 Å². The average Bonchev–Trinajstić information content (AvgIpc) is 3.89. The maximum atomic E-state index is 6.62. The van der Waals surface area contributed by atoms with E-state index in [0.717, 1.165) is 149 Å². The van der Waals surface area contributed by atoms with Crippen molar-refractivity contribution in [1.29, 1.82) is 0 Å². The van der Waals surface area contributed by atoms with E-state index in [-0.39, 0.29) is 6.04 Å². The third-order valence-electron chi connectivity index (χ3n) is 14.4. The number of rotatable bonds is 16. The van der Waals surface area contributed by atoms with Crippen LogP contribution in [0.2, 0.25) is 0 Å². The van der Waals surface area contributed by atoms with E-state index in [2.05, 4.69) is 124 Å². The predicted molar refractivity (Wildman–Crippen MR) is 271 cm³/mol. The molecule has 0 amide bonds. The summed E-state index contributed by atoms with van der Waals surface area (Å²) in [7, 11) is 0. The molecule has 8 rings (SSSR count). The lowest BCUT2D eigenvalue weighted by Crippen LogP contribution is -2.46. The van der Waals surface area contributed by atoms with Gasteiger partial charge in [0.1, 0.15) is 17.4 Å². The number of hydrazone groups is 1. The molecule has 2 aromatic rings. The van der Waals surface area contributed by atoms with Crippen LogP contribution in [0.15, 0.2) is 117 Å². The summed E-state index contributed by atoms with van der Waals surface area (Å²) in [6.07, 6.45) is 19.2. The molecule has 3 unspecified atom stereocenters. The summed E-state index contributed by atoms with van der Waals surface area (Å²) >= 11 is 0. The number of hydrogen-bond acceptors (Lipinski definition) is 10. The highest BCUT2D eigenvalue weighted by atomic mass is 15.3. The number of nitrogens with zero attached hydrogens (tertiary/aromatic N) is 9. The molecule has 5 heterocycles. The molecule has 3 saturated heterocycles. The maximum absolute atomic E-state index is 6.62. The molecule has 4 N–H and O–H groups in total. The molecular weight excluding hydrogens is 803 g/mol. The molecular formula is C54H72N11+. The van der Waals surface area contributed by atoms with Gasteiger partial charge in [0.2, 0.25) is 0 Å². The van der Waals surface area contributed by atoms with E-state index in [9.17, 15) is 0 Å². The highest BCUT2D eigenvalue weighted by Gasteiger charge is 2.43. The molecule has 1 aromatic heterocycles. The van der Waals surface area contributed by atoms with Crippen LogP contribution in [0.4, 0.5) is 5.82 Å². The van der Waals surface area contributed by atoms with E-state index in [1.54, 1.807) is 11.1 Å². The van der Waals surface area contributed by atoms with Crippen molar-refractivity contribution in [1.82, 2.24) is 24.7 Å². The Morgan fingerprint density at radius 2 is 1.85 bits per heavy atom. The Balaban J connectivity index is 0.853. The van der Waals surface area contributed by atoms with Crippen LogP contribution >= 0.6 is 0 Å². The lowest BCUT2D eigenvalue weighted by Gasteiger charge is -2.35. The minimum absolute atomic E-state index is 0.206. The van der Waals surface area contributed by atoms with Gasteiger partial charge in [0.15, 0.2) is 5.82 Å². The molecule has 65 heavy (non-hydrogen) atoms. The van der Waals surface area contributed by atoms with Crippen LogP contribution in [0.25, 0.3) is 21.7 Å². The van der Waals surface area contributed by atoms with Crippen molar-refractivity contribution in [2.45, 2.75) is 85.1 Å². The van der Waals surface area contributed by atoms with Crippen molar-refractivity contribution in [3.05, 3.63) is 123 Å². The monoisotopic (exact) mass is 875 g/mol. The van der Waals surface area contributed by atoms with Gasteiger partial charge in [0.05, 0.1) is 18.0 Å². The zero-order valence-electron chi connectivity index (χ0n) is 39.6. The molecule has 3 atom stereocenters. The fraction of sp³-hybridized carbons (Fsp3) is 0.500. The van der Waals surface area contributed by atoms with Crippen LogP contribution in [0.5, 0.6) is 0 Å². The minimum Gasteiger partial charge on any atom is -0.402 e. The number of hydrogen-bond donors (Lipinski definition) is 2. The zero-order valence-corrected chi connectivity index (χ0v) is 39.6. The van der Waals surface area contributed by atoms with Crippen LogP contribution < -0.4 is 16.5 Å². The lowest BCUT2D eigenvalue weighted by atomic mass is 9.77. The highest BCUT2D eigenvalue weighted by Crippen LogP contribution is 2.46. The lowest BCUT2D eigenvalue weighted by molar-refractivity contribution is 0.204. The number of nitrogens with two attached hydrogens (primary N) is 2. The number of aryl methyl sites for hydroxylation is 1. The van der Waals surface area contributed by atoms with Crippen LogP contribution in [0.1, 0.15) is 84.0 Å². The number of aliphatic imine (C=N–C) groups is 1. The predicted octanol–water partition coefficient (Wildman–Crippen LogP) is 8.67. The summed E-state index contributed by atoms with van der Waals surface area (Å²) in [4.78, 5) is 29.6. The fourth-order valence-corrected chi connectivity index (χ4v) is 10.6. The summed E-state index contributed by atoms with van der Waals surface area (Å²) in [5.41, 5.74) is 20.3. The number of likely N-dealkylation sites (tertiary alicyclic amines) is 2. The summed E-state index contributed by atoms with van der Waals surface area (Å²) < 4.78 is 0. The average molecular weight is 875 g/mol. The largest absolute Gasteiger partial charge is 0.402 e. The molecule has 11 heteroatoms. The van der Waals surface area contributed by atoms with Crippen molar-refractivity contribution < 1.29 is 0 Å². The smallest absolute Gasteiger partial charge is 0.308 e. The first-order valence-electron chi connectivity index (χ1n) is 24.3. The first-order valence-corrected chi connectivity index (χ1v) is 24.3. The molecule has 2 aliphatic carbocycles. The van der Waals surface area contributed by atoms with Crippen LogP contribution in [-0.2, 0) is 6.42 Å². The zero-order chi connectivity index (χ0) is 45.5. The Kier molecular flexibility index (Phi) is 15.0. The number of benzene rings is 1. The Morgan fingerprint density at radius 1 is 1.05 bits per heavy atom. The molecule has 342 valence electrons. The molecule has 11 nitrogen and oxygen atoms in total. The van der Waals surface area contributed by atoms with E-state index >= 15 is 0 Å². The van der Waals surface area contributed by atoms with E-state index in [0.29, 0.717) is 23.6 Å². The second-order valence-electron chi connectivity index (χ2n) is 19.2. The molecule has 0 spiro atoms. The van der Waals surface area contributed by atoms with Crippen LogP contribution in [-0.4, -0.2) is 115 Å². The Hall–Kier alpha value is -5.57. The van der Waals surface area contributed by atoms with Gasteiger partial charge in [0.25, 0.3) is 6.54 Å². The third-order valence-corrected chi connectivity index (χ3v) is 14.4. The number of aromatic nitrogens is 2. The Morgan fingerprint density at radius 3 is 2.55 bits per heavy atom. The number of allylic oxidation sites excluding steroid dienone is 10. The second kappa shape index (κ2) is 21.2. The van der Waals surface area contributed by atoms with Gasteiger partial charge in [-0.3, -0.25) is 9.89 Å². The molecule has 1 aromatic carbocycles. The van der Waals surface area contributed by atoms with Crippen molar-refractivity contribution in [2.75, 3.05) is 76.9 Å². The van der Waals surface area contributed by atoms with Crippen molar-refractivity contribution in [3.8, 4) is 17.3 Å². The molecule has 0 saturated carbocycles. The van der Waals surface area contributed by atoms with E-state index in [1.165, 1.54) is 36.1 Å². The number of piperazine rings is 1. The first-order chi connectivity index (χ1) is 31.6. The molecule has 3 fully saturated rings. The van der Waals surface area contributed by atoms with Crippen molar-refractivity contribution in [3.63, 3.8) is 0 Å². The number of fused-ring (bicyclic) bond motifs is 1. The molecule has 0 radical (unpaired) electrons. The maximum Gasteiger partial charge on any atom is 0.308 e. The summed E-state index contributed by atoms with van der Waals surface area (Å²) in [5, 5.41) is 4.13. The van der Waals surface area contributed by atoms with E-state index in [4.69, 9.17) is 26.5 Å². The number of piperidine rings is 1. The summed E-state index contributed by atoms with van der Waals surface area (Å²) in [6, 6.07) is 14.2. The summed E-state index contributed by atoms with van der Waals surface area (Å²) in [6.45, 7) is 28.2. The normalized spacial score (nSPS) is 23.8. The van der Waals surface area contributed by atoms with Crippen molar-refractivity contribution in [2.24, 2.45) is 39.4 Å². The van der Waals surface area contributed by atoms with Gasteiger partial charge < -0.3 is 26.3 Å². The molecule has 0 bridgehead atoms. The molecule has 6 aliphatic rings. The van der Waals surface area contributed by atoms with Gasteiger partial charge in [0, 0.05) is 80.0 Å². The van der Waals surface area contributed by atoms with Crippen molar-refractivity contribution >= 4 is 23.3 Å². The quantitative estimate of drug-likeness (QED) is 0.0978. The van der Waals surface area contributed by atoms with Gasteiger partial charge in [-0.05, 0) is 125 Å². The van der Waals surface area contributed by atoms with Crippen LogP contribution in [0, 0.1) is 23.8 Å². The van der Waals surface area contributed by atoms with Gasteiger partial charge in [-0.2, -0.15) is 5.10 Å². The summed E-state index contributed by atoms with van der Waals surface area (Å²) in [5.74, 6) is 9.05. The standard InChI is InChI=1S/C54H72N11/c1-7-21-62-25-27-64(28-26-62)52-32-50(59-54(60-52)53(40(5)55)44-16-14-37(2)15-17-44)45-12-8-10-42(31-45)11-9-13-46(61-56)34-57-20-24-63-22-18-43(19-23-63)48-30-38(3)29-47-41(6)65(36-49(47)48)51-35-58-33-39(51)4/h8,10,12,14,16-17,30-32,34,37,43,47,51H,4,6-7,9,11,13,15,18-29,35-36,55-56H2,1-3,5H3/q+1/b53-40-,57-34?,61-46-. The second-order valence-corrected chi connectivity index (χ2v) is 19.2. The highest BCUT2D eigenvalue weighted by molar-refractivity contribution is 6.30. The Labute approximate surface area is 388 Å². The SMILES string of the molecule is C=C1C#[N+]CC1N1CC2=C(C3CCN(CCN=C/C(CCCc4cccc(-c5cc(N6CCN(CCC)CC6)nc(/C(C6=CCC(C)C=C6)=C(/C)N)n5)c4)=N\N)CC3)C=C(C)CC2C1=C. The van der Waals surface area contributed by atoms with Gasteiger partial charge in [-0.1, -0.05) is 79.9 Å². The Bertz CT molecular complexity index is 2380. The van der Waals surface area contributed by atoms with E-state index in [1.807, 2.05) is 13.1 Å². The third kappa shape index (κ3) is 10.9. The fourth-order valence-electron chi connectivity index (χ4n) is 10.6. The van der Waals surface area contributed by atoms with E-state index < -0.39 is 0 Å². The first kappa shape index (κ1) is 46.0. The molecule has 4 aliphatic heterocycles. The van der Waals surface area contributed by atoms with Gasteiger partial charge in [-0.25, -0.2) is 9.97 Å². The number of anilines is 1.